The maximum absolute atomic E-state index is 5.34. The van der Waals surface area contributed by atoms with Crippen LogP contribution in [0.25, 0.3) is 0 Å². The van der Waals surface area contributed by atoms with Crippen molar-refractivity contribution in [2.24, 2.45) is 0 Å². The summed E-state index contributed by atoms with van der Waals surface area (Å²) in [5.74, 6) is 1.50. The maximum Gasteiger partial charge on any atom is 0.231 e. The van der Waals surface area contributed by atoms with Crippen LogP contribution in [0.2, 0.25) is 0 Å². The van der Waals surface area contributed by atoms with Crippen molar-refractivity contribution in [1.29, 1.82) is 0 Å². The van der Waals surface area contributed by atoms with E-state index in [1.165, 1.54) is 5.69 Å². The van der Waals surface area contributed by atoms with Gasteiger partial charge < -0.3 is 20.1 Å². The molecule has 1 aromatic heterocycles. The highest BCUT2D eigenvalue weighted by Gasteiger charge is 2.13. The van der Waals surface area contributed by atoms with E-state index in [9.17, 15) is 0 Å². The molecule has 0 amide bonds. The number of hydrogen-bond donors (Lipinski definition) is 2. The van der Waals surface area contributed by atoms with Gasteiger partial charge in [-0.1, -0.05) is 0 Å². The van der Waals surface area contributed by atoms with Crippen molar-refractivity contribution < 1.29 is 9.47 Å². The van der Waals surface area contributed by atoms with Gasteiger partial charge in [0.2, 0.25) is 6.79 Å². The molecule has 2 heterocycles. The van der Waals surface area contributed by atoms with Crippen LogP contribution in [0, 0.1) is 6.92 Å². The molecule has 0 atom stereocenters. The number of thiocarbonyl (C=S) groups is 1. The molecule has 22 heavy (non-hydrogen) atoms. The molecule has 116 valence electrons. The summed E-state index contributed by atoms with van der Waals surface area (Å²) < 4.78 is 12.6. The van der Waals surface area contributed by atoms with Crippen molar-refractivity contribution in [1.82, 2.24) is 15.1 Å². The summed E-state index contributed by atoms with van der Waals surface area (Å²) in [7, 11) is 0. The van der Waals surface area contributed by atoms with E-state index in [4.69, 9.17) is 21.7 Å². The monoisotopic (exact) mass is 318 g/mol. The van der Waals surface area contributed by atoms with Crippen molar-refractivity contribution in [3.8, 4) is 11.5 Å². The van der Waals surface area contributed by atoms with Crippen LogP contribution >= 0.6 is 12.2 Å². The van der Waals surface area contributed by atoms with Gasteiger partial charge in [-0.15, -0.1) is 0 Å². The highest BCUT2D eigenvalue weighted by molar-refractivity contribution is 7.80. The minimum absolute atomic E-state index is 0.272. The van der Waals surface area contributed by atoms with E-state index >= 15 is 0 Å². The molecule has 2 N–H and O–H groups in total. The summed E-state index contributed by atoms with van der Waals surface area (Å²) in [6.07, 6.45) is 2.76. The average Bonchev–Trinajstić information content (AvgIpc) is 3.12. The number of nitrogens with one attached hydrogen (secondary N) is 2. The molecule has 2 aromatic rings. The summed E-state index contributed by atoms with van der Waals surface area (Å²) in [6, 6.07) is 7.66. The van der Waals surface area contributed by atoms with Crippen LogP contribution in [0.1, 0.15) is 12.1 Å². The molecule has 3 rings (SSSR count). The first-order chi connectivity index (χ1) is 10.7. The molecule has 0 unspecified atom stereocenters. The molecule has 1 aliphatic heterocycles. The van der Waals surface area contributed by atoms with Gasteiger partial charge in [-0.25, -0.2) is 0 Å². The normalized spacial score (nSPS) is 12.2. The number of ether oxygens (including phenoxy) is 2. The quantitative estimate of drug-likeness (QED) is 0.652. The fourth-order valence-corrected chi connectivity index (χ4v) is 2.43. The van der Waals surface area contributed by atoms with Crippen LogP contribution in [-0.4, -0.2) is 28.2 Å². The standard InChI is InChI=1S/C15H18N4O2S/c1-11-5-7-17-19(11)8-2-6-16-15(22)18-12-3-4-13-14(9-12)21-10-20-13/h3-5,7,9H,2,6,8,10H2,1H3,(H2,16,18,22). The van der Waals surface area contributed by atoms with E-state index in [1.807, 2.05) is 42.1 Å². The Morgan fingerprint density at radius 3 is 3.00 bits per heavy atom. The van der Waals surface area contributed by atoms with Crippen molar-refractivity contribution in [2.75, 3.05) is 18.7 Å². The van der Waals surface area contributed by atoms with Crippen molar-refractivity contribution in [2.45, 2.75) is 19.9 Å². The lowest BCUT2D eigenvalue weighted by atomic mass is 10.3. The largest absolute Gasteiger partial charge is 0.454 e. The Balaban J connectivity index is 1.42. The molecule has 1 aromatic carbocycles. The van der Waals surface area contributed by atoms with E-state index in [2.05, 4.69) is 15.7 Å². The van der Waals surface area contributed by atoms with E-state index < -0.39 is 0 Å². The second-order valence-electron chi connectivity index (χ2n) is 5.00. The highest BCUT2D eigenvalue weighted by Crippen LogP contribution is 2.34. The highest BCUT2D eigenvalue weighted by atomic mass is 32.1. The molecule has 6 nitrogen and oxygen atoms in total. The van der Waals surface area contributed by atoms with E-state index in [1.54, 1.807) is 0 Å². The van der Waals surface area contributed by atoms with Crippen molar-refractivity contribution in [3.05, 3.63) is 36.2 Å². The van der Waals surface area contributed by atoms with Gasteiger partial charge in [0.1, 0.15) is 0 Å². The van der Waals surface area contributed by atoms with E-state index in [-0.39, 0.29) is 6.79 Å². The lowest BCUT2D eigenvalue weighted by Gasteiger charge is -2.11. The van der Waals surface area contributed by atoms with E-state index in [0.29, 0.717) is 5.11 Å². The van der Waals surface area contributed by atoms with Crippen LogP contribution < -0.4 is 20.1 Å². The molecule has 0 aliphatic carbocycles. The number of rotatable bonds is 5. The number of fused-ring (bicyclic) bond motifs is 1. The predicted molar refractivity (Wildman–Crippen MR) is 88.4 cm³/mol. The molecule has 0 spiro atoms. The summed E-state index contributed by atoms with van der Waals surface area (Å²) in [5.41, 5.74) is 2.05. The molecule has 0 radical (unpaired) electrons. The van der Waals surface area contributed by atoms with Gasteiger partial charge in [-0.05, 0) is 43.8 Å². The number of hydrogen-bond acceptors (Lipinski definition) is 4. The number of nitrogens with zero attached hydrogens (tertiary/aromatic N) is 2. The minimum atomic E-state index is 0.272. The third kappa shape index (κ3) is 3.48. The molecule has 7 heteroatoms. The Morgan fingerprint density at radius 1 is 1.32 bits per heavy atom. The number of anilines is 1. The summed E-state index contributed by atoms with van der Waals surface area (Å²) in [4.78, 5) is 0. The number of aryl methyl sites for hydroxylation is 2. The van der Waals surface area contributed by atoms with Gasteiger partial charge >= 0.3 is 0 Å². The van der Waals surface area contributed by atoms with Gasteiger partial charge in [-0.3, -0.25) is 4.68 Å². The second kappa shape index (κ2) is 6.65. The summed E-state index contributed by atoms with van der Waals surface area (Å²) >= 11 is 5.29. The molecular formula is C15H18N4O2S. The van der Waals surface area contributed by atoms with Crippen molar-refractivity contribution in [3.63, 3.8) is 0 Å². The van der Waals surface area contributed by atoms with Gasteiger partial charge in [-0.2, -0.15) is 5.10 Å². The fourth-order valence-electron chi connectivity index (χ4n) is 2.21. The topological polar surface area (TPSA) is 60.3 Å². The Hall–Kier alpha value is -2.28. The molecule has 0 bridgehead atoms. The predicted octanol–water partition coefficient (Wildman–Crippen LogP) is 2.30. The molecule has 0 saturated heterocycles. The smallest absolute Gasteiger partial charge is 0.231 e. The van der Waals surface area contributed by atoms with Gasteiger partial charge in [0.25, 0.3) is 0 Å². The lowest BCUT2D eigenvalue weighted by Crippen LogP contribution is -2.29. The summed E-state index contributed by atoms with van der Waals surface area (Å²) in [6.45, 7) is 3.98. The fraction of sp³-hybridized carbons (Fsp3) is 0.333. The second-order valence-corrected chi connectivity index (χ2v) is 5.41. The van der Waals surface area contributed by atoms with Crippen LogP contribution in [0.5, 0.6) is 11.5 Å². The number of benzene rings is 1. The molecule has 1 aliphatic rings. The summed E-state index contributed by atoms with van der Waals surface area (Å²) in [5, 5.41) is 11.2. The Labute approximate surface area is 134 Å². The first-order valence-corrected chi connectivity index (χ1v) is 7.56. The Morgan fingerprint density at radius 2 is 2.18 bits per heavy atom. The molecule has 0 fully saturated rings. The van der Waals surface area contributed by atoms with Crippen LogP contribution in [0.15, 0.2) is 30.5 Å². The van der Waals surface area contributed by atoms with Gasteiger partial charge in [0.15, 0.2) is 16.6 Å². The first kappa shape index (κ1) is 14.6. The number of aromatic nitrogens is 2. The zero-order valence-corrected chi connectivity index (χ0v) is 13.2. The molecule has 0 saturated carbocycles. The lowest BCUT2D eigenvalue weighted by molar-refractivity contribution is 0.174. The van der Waals surface area contributed by atoms with Crippen LogP contribution in [0.3, 0.4) is 0 Å². The van der Waals surface area contributed by atoms with Crippen molar-refractivity contribution >= 4 is 23.0 Å². The SMILES string of the molecule is Cc1ccnn1CCCNC(=S)Nc1ccc2c(c1)OCO2. The third-order valence-electron chi connectivity index (χ3n) is 3.39. The third-order valence-corrected chi connectivity index (χ3v) is 3.64. The van der Waals surface area contributed by atoms with E-state index in [0.717, 1.165) is 36.7 Å². The molecular weight excluding hydrogens is 300 g/mol. The van der Waals surface area contributed by atoms with Gasteiger partial charge in [0.05, 0.1) is 0 Å². The average molecular weight is 318 g/mol. The minimum Gasteiger partial charge on any atom is -0.454 e. The van der Waals surface area contributed by atoms with Crippen LogP contribution in [-0.2, 0) is 6.54 Å². The zero-order chi connectivity index (χ0) is 15.4. The maximum atomic E-state index is 5.34. The Kier molecular flexibility index (Phi) is 4.43. The zero-order valence-electron chi connectivity index (χ0n) is 12.3. The first-order valence-electron chi connectivity index (χ1n) is 7.15. The Bertz CT molecular complexity index is 671. The van der Waals surface area contributed by atoms with Gasteiger partial charge in [0, 0.05) is 36.7 Å². The van der Waals surface area contributed by atoms with Crippen LogP contribution in [0.4, 0.5) is 5.69 Å².